The molecular weight excluding hydrogens is 386 g/mol. The minimum Gasteiger partial charge on any atom is -0.467 e. The first kappa shape index (κ1) is 19.7. The first-order valence-corrected chi connectivity index (χ1v) is 10.3. The van der Waals surface area contributed by atoms with Crippen LogP contribution in [0.15, 0.2) is 51.9 Å². The van der Waals surface area contributed by atoms with Crippen molar-refractivity contribution in [1.29, 1.82) is 0 Å². The predicted octanol–water partition coefficient (Wildman–Crippen LogP) is 3.49. The fourth-order valence-corrected chi connectivity index (χ4v) is 3.80. The standard InChI is InChI=1S/C22H25N3O3S/c1-15-6-7-16-11-17(21(26)24-20(16)10-15)13-25(14-19-5-3-9-28-19)22(29)23-12-18-4-2-8-27-18/h3,5-7,9-11,18H,2,4,8,12-14H2,1H3,(H,23,29)(H,24,26)/t18-/m0/s1. The minimum atomic E-state index is -0.102. The Kier molecular flexibility index (Phi) is 5.97. The number of benzene rings is 1. The highest BCUT2D eigenvalue weighted by Gasteiger charge is 2.19. The molecular formula is C22H25N3O3S. The SMILES string of the molecule is Cc1ccc2cc(CN(Cc3ccco3)C(=S)NC[C@@H]3CCCO3)c(=O)[nH]c2c1. The molecule has 29 heavy (non-hydrogen) atoms. The number of hydrogen-bond donors (Lipinski definition) is 2. The molecule has 0 spiro atoms. The molecule has 1 aliphatic heterocycles. The second kappa shape index (κ2) is 8.80. The first-order chi connectivity index (χ1) is 14.1. The number of pyridine rings is 1. The van der Waals surface area contributed by atoms with Crippen molar-refractivity contribution in [3.05, 3.63) is 69.9 Å². The van der Waals surface area contributed by atoms with Crippen LogP contribution in [0.1, 0.15) is 29.7 Å². The lowest BCUT2D eigenvalue weighted by atomic mass is 10.1. The third-order valence-electron chi connectivity index (χ3n) is 5.16. The average molecular weight is 412 g/mol. The molecule has 4 rings (SSSR count). The van der Waals surface area contributed by atoms with Gasteiger partial charge in [0.2, 0.25) is 0 Å². The molecule has 1 fully saturated rings. The summed E-state index contributed by atoms with van der Waals surface area (Å²) in [5.41, 5.74) is 2.51. The number of nitrogens with zero attached hydrogens (tertiary/aromatic N) is 1. The third-order valence-corrected chi connectivity index (χ3v) is 5.56. The zero-order valence-electron chi connectivity index (χ0n) is 16.4. The number of ether oxygens (including phenoxy) is 1. The molecule has 0 unspecified atom stereocenters. The Balaban J connectivity index is 1.54. The van der Waals surface area contributed by atoms with E-state index in [1.165, 1.54) is 0 Å². The Morgan fingerprint density at radius 3 is 2.97 bits per heavy atom. The molecule has 3 aromatic rings. The molecule has 1 aromatic carbocycles. The van der Waals surface area contributed by atoms with E-state index in [4.69, 9.17) is 21.4 Å². The van der Waals surface area contributed by atoms with Gasteiger partial charge >= 0.3 is 0 Å². The lowest BCUT2D eigenvalue weighted by molar-refractivity contribution is 0.113. The maximum absolute atomic E-state index is 12.7. The van der Waals surface area contributed by atoms with Crippen LogP contribution in [0.4, 0.5) is 0 Å². The smallest absolute Gasteiger partial charge is 0.253 e. The topological polar surface area (TPSA) is 70.5 Å². The van der Waals surface area contributed by atoms with E-state index in [0.29, 0.717) is 30.3 Å². The molecule has 1 atom stereocenters. The molecule has 0 aliphatic carbocycles. The van der Waals surface area contributed by atoms with Gasteiger partial charge in [-0.15, -0.1) is 0 Å². The van der Waals surface area contributed by atoms with E-state index in [2.05, 4.69) is 10.3 Å². The fraction of sp³-hybridized carbons (Fsp3) is 0.364. The maximum atomic E-state index is 12.7. The largest absolute Gasteiger partial charge is 0.467 e. The van der Waals surface area contributed by atoms with E-state index < -0.39 is 0 Å². The molecule has 0 radical (unpaired) electrons. The van der Waals surface area contributed by atoms with E-state index >= 15 is 0 Å². The number of nitrogens with one attached hydrogen (secondary N) is 2. The van der Waals surface area contributed by atoms with Crippen molar-refractivity contribution in [1.82, 2.24) is 15.2 Å². The second-order valence-electron chi connectivity index (χ2n) is 7.47. The quantitative estimate of drug-likeness (QED) is 0.605. The number of furan rings is 1. The van der Waals surface area contributed by atoms with Gasteiger partial charge in [0.05, 0.1) is 25.5 Å². The number of aryl methyl sites for hydroxylation is 1. The monoisotopic (exact) mass is 411 g/mol. The van der Waals surface area contributed by atoms with Crippen molar-refractivity contribution in [3.8, 4) is 0 Å². The van der Waals surface area contributed by atoms with E-state index in [1.807, 2.05) is 48.2 Å². The van der Waals surface area contributed by atoms with Crippen molar-refractivity contribution in [2.75, 3.05) is 13.2 Å². The fourth-order valence-electron chi connectivity index (χ4n) is 3.59. The van der Waals surface area contributed by atoms with Crippen molar-refractivity contribution >= 4 is 28.2 Å². The van der Waals surface area contributed by atoms with Crippen LogP contribution in [0.5, 0.6) is 0 Å². The van der Waals surface area contributed by atoms with Crippen LogP contribution in [0, 0.1) is 6.92 Å². The molecule has 2 aromatic heterocycles. The van der Waals surface area contributed by atoms with Crippen molar-refractivity contribution in [3.63, 3.8) is 0 Å². The lowest BCUT2D eigenvalue weighted by Crippen LogP contribution is -2.42. The first-order valence-electron chi connectivity index (χ1n) is 9.88. The Hall–Kier alpha value is -2.64. The molecule has 152 valence electrons. The normalized spacial score (nSPS) is 16.2. The molecule has 6 nitrogen and oxygen atoms in total. The lowest BCUT2D eigenvalue weighted by Gasteiger charge is -2.26. The summed E-state index contributed by atoms with van der Waals surface area (Å²) < 4.78 is 11.2. The highest BCUT2D eigenvalue weighted by atomic mass is 32.1. The Morgan fingerprint density at radius 1 is 1.31 bits per heavy atom. The summed E-state index contributed by atoms with van der Waals surface area (Å²) in [6.07, 6.45) is 3.95. The van der Waals surface area contributed by atoms with Crippen molar-refractivity contribution in [2.45, 2.75) is 39.0 Å². The van der Waals surface area contributed by atoms with E-state index in [-0.39, 0.29) is 11.7 Å². The number of hydrogen-bond acceptors (Lipinski definition) is 4. The van der Waals surface area contributed by atoms with Crippen molar-refractivity contribution < 1.29 is 9.15 Å². The molecule has 1 saturated heterocycles. The molecule has 0 saturated carbocycles. The number of rotatable bonds is 6. The van der Waals surface area contributed by atoms with Gasteiger partial charge in [-0.1, -0.05) is 12.1 Å². The van der Waals surface area contributed by atoms with Gasteiger partial charge in [-0.25, -0.2) is 0 Å². The molecule has 7 heteroatoms. The molecule has 3 heterocycles. The Bertz CT molecular complexity index is 1040. The summed E-state index contributed by atoms with van der Waals surface area (Å²) in [5.74, 6) is 0.791. The van der Waals surface area contributed by atoms with Gasteiger partial charge in [0.15, 0.2) is 5.11 Å². The highest BCUT2D eigenvalue weighted by Crippen LogP contribution is 2.16. The zero-order valence-corrected chi connectivity index (χ0v) is 17.3. The van der Waals surface area contributed by atoms with Crippen LogP contribution in [0.3, 0.4) is 0 Å². The van der Waals surface area contributed by atoms with Crippen LogP contribution >= 0.6 is 12.2 Å². The Morgan fingerprint density at radius 2 is 2.21 bits per heavy atom. The summed E-state index contributed by atoms with van der Waals surface area (Å²) in [5, 5.41) is 4.88. The van der Waals surface area contributed by atoms with Crippen LogP contribution in [0.2, 0.25) is 0 Å². The minimum absolute atomic E-state index is 0.102. The van der Waals surface area contributed by atoms with Gasteiger partial charge in [0, 0.05) is 24.2 Å². The number of H-pyrrole nitrogens is 1. The van der Waals surface area contributed by atoms with Gasteiger partial charge in [-0.2, -0.15) is 0 Å². The molecule has 2 N–H and O–H groups in total. The number of fused-ring (bicyclic) bond motifs is 1. The van der Waals surface area contributed by atoms with Gasteiger partial charge in [0.25, 0.3) is 5.56 Å². The summed E-state index contributed by atoms with van der Waals surface area (Å²) in [6.45, 7) is 4.35. The third kappa shape index (κ3) is 4.86. The Labute approximate surface area is 174 Å². The van der Waals surface area contributed by atoms with E-state index in [0.717, 1.165) is 41.7 Å². The summed E-state index contributed by atoms with van der Waals surface area (Å²) in [7, 11) is 0. The second-order valence-corrected chi connectivity index (χ2v) is 7.86. The molecule has 0 bridgehead atoms. The predicted molar refractivity (Wildman–Crippen MR) is 117 cm³/mol. The summed E-state index contributed by atoms with van der Waals surface area (Å²) in [4.78, 5) is 17.6. The van der Waals surface area contributed by atoms with Gasteiger partial charge < -0.3 is 24.4 Å². The van der Waals surface area contributed by atoms with Crippen LogP contribution in [-0.4, -0.2) is 34.3 Å². The van der Waals surface area contributed by atoms with Gasteiger partial charge in [-0.3, -0.25) is 4.79 Å². The summed E-state index contributed by atoms with van der Waals surface area (Å²) in [6, 6.07) is 11.7. The molecule has 1 aliphatic rings. The van der Waals surface area contributed by atoms with E-state index in [1.54, 1.807) is 6.26 Å². The maximum Gasteiger partial charge on any atom is 0.253 e. The summed E-state index contributed by atoms with van der Waals surface area (Å²) >= 11 is 5.64. The number of aromatic amines is 1. The zero-order chi connectivity index (χ0) is 20.2. The van der Waals surface area contributed by atoms with Crippen molar-refractivity contribution in [2.24, 2.45) is 0 Å². The number of aromatic nitrogens is 1. The highest BCUT2D eigenvalue weighted by molar-refractivity contribution is 7.80. The molecule has 0 amide bonds. The van der Waals surface area contributed by atoms with Gasteiger partial charge in [0.1, 0.15) is 5.76 Å². The van der Waals surface area contributed by atoms with Crippen LogP contribution < -0.4 is 10.9 Å². The average Bonchev–Trinajstić information content (AvgIpc) is 3.40. The van der Waals surface area contributed by atoms with Gasteiger partial charge in [-0.05, 0) is 67.2 Å². The number of thiocarbonyl (C=S) groups is 1. The van der Waals surface area contributed by atoms with Crippen LogP contribution in [-0.2, 0) is 17.8 Å². The van der Waals surface area contributed by atoms with Crippen LogP contribution in [0.25, 0.3) is 10.9 Å². The van der Waals surface area contributed by atoms with E-state index in [9.17, 15) is 4.79 Å².